The fraction of sp³-hybridized carbons (Fsp3) is 0.158. The average molecular weight is 293 g/mol. The molecule has 22 heavy (non-hydrogen) atoms. The van der Waals surface area contributed by atoms with Gasteiger partial charge in [-0.2, -0.15) is 0 Å². The highest BCUT2D eigenvalue weighted by molar-refractivity contribution is 5.86. The number of nitrogens with one attached hydrogen (secondary N) is 1. The van der Waals surface area contributed by atoms with Crippen molar-refractivity contribution in [2.24, 2.45) is 0 Å². The molecule has 1 N–H and O–H groups in total. The lowest BCUT2D eigenvalue weighted by atomic mass is 10.1. The van der Waals surface area contributed by atoms with E-state index < -0.39 is 0 Å². The number of ether oxygens (including phenoxy) is 2. The van der Waals surface area contributed by atoms with Crippen molar-refractivity contribution < 1.29 is 9.47 Å². The summed E-state index contributed by atoms with van der Waals surface area (Å²) in [6.45, 7) is 6.71. The number of hydrogen-bond acceptors (Lipinski definition) is 2. The van der Waals surface area contributed by atoms with Crippen LogP contribution in [0.5, 0.6) is 11.5 Å². The number of aromatic amines is 1. The molecule has 0 unspecified atom stereocenters. The van der Waals surface area contributed by atoms with Crippen LogP contribution in [-0.4, -0.2) is 18.2 Å². The molecule has 0 aliphatic heterocycles. The number of para-hydroxylation sites is 1. The van der Waals surface area contributed by atoms with Gasteiger partial charge in [0.2, 0.25) is 0 Å². The molecule has 1 heterocycles. The van der Waals surface area contributed by atoms with Crippen molar-refractivity contribution in [2.45, 2.75) is 6.92 Å². The second-order valence-corrected chi connectivity index (χ2v) is 4.96. The minimum absolute atomic E-state index is 0.455. The Hall–Kier alpha value is -2.68. The smallest absolute Gasteiger partial charge is 0.162 e. The fourth-order valence-corrected chi connectivity index (χ4v) is 2.44. The highest BCUT2D eigenvalue weighted by Crippen LogP contribution is 2.33. The lowest BCUT2D eigenvalue weighted by molar-refractivity contribution is 0.297. The Balaban J connectivity index is 2.00. The predicted molar refractivity (Wildman–Crippen MR) is 90.6 cm³/mol. The lowest BCUT2D eigenvalue weighted by Gasteiger charge is -2.12. The van der Waals surface area contributed by atoms with Crippen LogP contribution in [-0.2, 0) is 0 Å². The van der Waals surface area contributed by atoms with E-state index in [-0.39, 0.29) is 0 Å². The van der Waals surface area contributed by atoms with Crippen LogP contribution >= 0.6 is 0 Å². The lowest BCUT2D eigenvalue weighted by Crippen LogP contribution is -1.99. The van der Waals surface area contributed by atoms with E-state index in [4.69, 9.17) is 9.47 Å². The predicted octanol–water partition coefficient (Wildman–Crippen LogP) is 4.80. The third-order valence-electron chi connectivity index (χ3n) is 3.44. The first-order valence-corrected chi connectivity index (χ1v) is 7.40. The van der Waals surface area contributed by atoms with Gasteiger partial charge < -0.3 is 14.5 Å². The molecule has 0 aliphatic carbocycles. The molecule has 3 nitrogen and oxygen atoms in total. The number of fused-ring (bicyclic) bond motifs is 1. The normalized spacial score (nSPS) is 10.6. The Labute approximate surface area is 130 Å². The van der Waals surface area contributed by atoms with Crippen molar-refractivity contribution in [1.29, 1.82) is 0 Å². The maximum absolute atomic E-state index is 5.72. The van der Waals surface area contributed by atoms with Gasteiger partial charge in [-0.3, -0.25) is 0 Å². The molecule has 3 aromatic rings. The summed E-state index contributed by atoms with van der Waals surface area (Å²) in [5, 5.41) is 1.19. The highest BCUT2D eigenvalue weighted by atomic mass is 16.5. The summed E-state index contributed by atoms with van der Waals surface area (Å²) in [6.07, 6.45) is 1.73. The molecule has 1 aromatic heterocycles. The van der Waals surface area contributed by atoms with E-state index in [1.54, 1.807) is 6.08 Å². The first-order valence-electron chi connectivity index (χ1n) is 7.40. The van der Waals surface area contributed by atoms with E-state index in [0.29, 0.717) is 13.2 Å². The van der Waals surface area contributed by atoms with Crippen molar-refractivity contribution in [3.05, 3.63) is 61.2 Å². The summed E-state index contributed by atoms with van der Waals surface area (Å²) >= 11 is 0. The standard InChI is InChI=1S/C19H19NO2/c1-3-11-22-19-13-15(9-10-18(19)21-4-2)17-12-14-7-5-6-8-16(14)20-17/h3,5-10,12-13,20H,1,4,11H2,2H3. The Bertz CT molecular complexity index is 756. The molecule has 0 amide bonds. The van der Waals surface area contributed by atoms with E-state index in [1.165, 1.54) is 5.39 Å². The monoisotopic (exact) mass is 293 g/mol. The van der Waals surface area contributed by atoms with Gasteiger partial charge in [0, 0.05) is 22.2 Å². The molecular weight excluding hydrogens is 274 g/mol. The van der Waals surface area contributed by atoms with Crippen LogP contribution in [0.3, 0.4) is 0 Å². The summed E-state index contributed by atoms with van der Waals surface area (Å²) in [5.74, 6) is 1.49. The summed E-state index contributed by atoms with van der Waals surface area (Å²) in [4.78, 5) is 3.43. The first-order chi connectivity index (χ1) is 10.8. The van der Waals surface area contributed by atoms with E-state index in [9.17, 15) is 0 Å². The van der Waals surface area contributed by atoms with Crippen molar-refractivity contribution in [1.82, 2.24) is 4.98 Å². The SMILES string of the molecule is C=CCOc1cc(-c2cc3ccccc3[nH]2)ccc1OCC. The van der Waals surface area contributed by atoms with Gasteiger partial charge >= 0.3 is 0 Å². The summed E-state index contributed by atoms with van der Waals surface area (Å²) in [5.41, 5.74) is 3.26. The van der Waals surface area contributed by atoms with Gasteiger partial charge in [-0.25, -0.2) is 0 Å². The summed E-state index contributed by atoms with van der Waals surface area (Å²) in [7, 11) is 0. The van der Waals surface area contributed by atoms with E-state index >= 15 is 0 Å². The molecule has 0 saturated heterocycles. The Kier molecular flexibility index (Phi) is 4.15. The Morgan fingerprint density at radius 3 is 2.68 bits per heavy atom. The number of H-pyrrole nitrogens is 1. The number of benzene rings is 2. The Morgan fingerprint density at radius 1 is 1.05 bits per heavy atom. The van der Waals surface area contributed by atoms with Gasteiger partial charge in [-0.05, 0) is 37.3 Å². The van der Waals surface area contributed by atoms with Gasteiger partial charge in [0.25, 0.3) is 0 Å². The molecule has 3 rings (SSSR count). The van der Waals surface area contributed by atoms with E-state index in [0.717, 1.165) is 28.3 Å². The quantitative estimate of drug-likeness (QED) is 0.662. The Morgan fingerprint density at radius 2 is 1.91 bits per heavy atom. The number of hydrogen-bond donors (Lipinski definition) is 1. The zero-order valence-corrected chi connectivity index (χ0v) is 12.6. The maximum Gasteiger partial charge on any atom is 0.162 e. The number of aromatic nitrogens is 1. The summed E-state index contributed by atoms with van der Waals surface area (Å²) in [6, 6.07) is 16.4. The van der Waals surface area contributed by atoms with Crippen molar-refractivity contribution in [3.63, 3.8) is 0 Å². The van der Waals surface area contributed by atoms with Crippen LogP contribution in [0.1, 0.15) is 6.92 Å². The second-order valence-electron chi connectivity index (χ2n) is 4.96. The topological polar surface area (TPSA) is 34.2 Å². The van der Waals surface area contributed by atoms with E-state index in [1.807, 2.05) is 37.3 Å². The van der Waals surface area contributed by atoms with Crippen molar-refractivity contribution in [2.75, 3.05) is 13.2 Å². The van der Waals surface area contributed by atoms with Gasteiger partial charge in [0.15, 0.2) is 11.5 Å². The average Bonchev–Trinajstić information content (AvgIpc) is 2.98. The van der Waals surface area contributed by atoms with Crippen molar-refractivity contribution >= 4 is 10.9 Å². The highest BCUT2D eigenvalue weighted by Gasteiger charge is 2.09. The molecule has 0 aliphatic rings. The van der Waals surface area contributed by atoms with Gasteiger partial charge in [-0.1, -0.05) is 30.9 Å². The molecule has 0 radical (unpaired) electrons. The van der Waals surface area contributed by atoms with Crippen LogP contribution in [0.25, 0.3) is 22.2 Å². The molecular formula is C19H19NO2. The molecule has 0 fully saturated rings. The maximum atomic E-state index is 5.72. The first kappa shape index (κ1) is 14.3. The molecule has 3 heteroatoms. The van der Waals surface area contributed by atoms with Crippen LogP contribution in [0.15, 0.2) is 61.2 Å². The molecule has 0 atom stereocenters. The second kappa shape index (κ2) is 6.39. The largest absolute Gasteiger partial charge is 0.490 e. The zero-order valence-electron chi connectivity index (χ0n) is 12.6. The van der Waals surface area contributed by atoms with E-state index in [2.05, 4.69) is 29.8 Å². The van der Waals surface area contributed by atoms with Crippen LogP contribution in [0.2, 0.25) is 0 Å². The molecule has 112 valence electrons. The summed E-state index contributed by atoms with van der Waals surface area (Å²) < 4.78 is 11.3. The van der Waals surface area contributed by atoms with Crippen LogP contribution in [0.4, 0.5) is 0 Å². The third-order valence-corrected chi connectivity index (χ3v) is 3.44. The zero-order chi connectivity index (χ0) is 15.4. The molecule has 0 saturated carbocycles. The fourth-order valence-electron chi connectivity index (χ4n) is 2.44. The van der Waals surface area contributed by atoms with Crippen molar-refractivity contribution in [3.8, 4) is 22.8 Å². The third kappa shape index (κ3) is 2.84. The van der Waals surface area contributed by atoms with Crippen LogP contribution in [0, 0.1) is 0 Å². The minimum Gasteiger partial charge on any atom is -0.490 e. The van der Waals surface area contributed by atoms with Gasteiger partial charge in [0.1, 0.15) is 6.61 Å². The molecule has 0 spiro atoms. The molecule has 2 aromatic carbocycles. The molecule has 0 bridgehead atoms. The minimum atomic E-state index is 0.455. The van der Waals surface area contributed by atoms with Gasteiger partial charge in [-0.15, -0.1) is 0 Å². The van der Waals surface area contributed by atoms with Crippen LogP contribution < -0.4 is 9.47 Å². The van der Waals surface area contributed by atoms with Gasteiger partial charge in [0.05, 0.1) is 6.61 Å². The number of rotatable bonds is 6.